The minimum absolute atomic E-state index is 0.263. The van der Waals surface area contributed by atoms with Crippen LogP contribution in [0.3, 0.4) is 0 Å². The van der Waals surface area contributed by atoms with Crippen LogP contribution in [0.15, 0.2) is 46.9 Å². The van der Waals surface area contributed by atoms with E-state index in [4.69, 9.17) is 17.0 Å². The fourth-order valence-electron chi connectivity index (χ4n) is 3.47. The first kappa shape index (κ1) is 21.6. The summed E-state index contributed by atoms with van der Waals surface area (Å²) in [4.78, 5) is 14.9. The highest BCUT2D eigenvalue weighted by atomic mass is 79.9. The molecule has 29 heavy (non-hydrogen) atoms. The molecule has 1 heterocycles. The van der Waals surface area contributed by atoms with Crippen molar-refractivity contribution < 1.29 is 9.53 Å². The number of thiocarbonyl (C=S) groups is 1. The van der Waals surface area contributed by atoms with E-state index in [-0.39, 0.29) is 11.0 Å². The Morgan fingerprint density at radius 2 is 2.00 bits per heavy atom. The number of piperidine rings is 1. The zero-order valence-corrected chi connectivity index (χ0v) is 19.1. The van der Waals surface area contributed by atoms with Crippen molar-refractivity contribution in [3.05, 3.63) is 52.5 Å². The smallest absolute Gasteiger partial charge is 0.257 e. The third kappa shape index (κ3) is 5.70. The van der Waals surface area contributed by atoms with Gasteiger partial charge in [0.15, 0.2) is 5.11 Å². The molecule has 7 heteroatoms. The fraction of sp³-hybridized carbons (Fsp3) is 0.364. The van der Waals surface area contributed by atoms with Crippen molar-refractivity contribution in [1.82, 2.24) is 5.32 Å². The Morgan fingerprint density at radius 3 is 2.66 bits per heavy atom. The molecule has 1 aliphatic rings. The van der Waals surface area contributed by atoms with Gasteiger partial charge in [0.1, 0.15) is 5.75 Å². The lowest BCUT2D eigenvalue weighted by atomic mass is 10.0. The van der Waals surface area contributed by atoms with Gasteiger partial charge in [0.25, 0.3) is 5.91 Å². The predicted octanol–water partition coefficient (Wildman–Crippen LogP) is 5.35. The molecule has 0 saturated carbocycles. The van der Waals surface area contributed by atoms with E-state index in [0.29, 0.717) is 24.0 Å². The van der Waals surface area contributed by atoms with Crippen molar-refractivity contribution in [1.29, 1.82) is 0 Å². The minimum Gasteiger partial charge on any atom is -0.493 e. The molecular weight excluding hydrogens is 450 g/mol. The Hall–Kier alpha value is -2.12. The lowest BCUT2D eigenvalue weighted by Crippen LogP contribution is -2.37. The van der Waals surface area contributed by atoms with E-state index in [2.05, 4.69) is 50.5 Å². The van der Waals surface area contributed by atoms with Crippen LogP contribution in [0.1, 0.15) is 43.5 Å². The maximum absolute atomic E-state index is 12.5. The van der Waals surface area contributed by atoms with Gasteiger partial charge in [-0.2, -0.15) is 0 Å². The Kier molecular flexibility index (Phi) is 7.50. The highest BCUT2D eigenvalue weighted by Gasteiger charge is 2.18. The molecule has 1 atom stereocenters. The van der Waals surface area contributed by atoms with E-state index in [0.717, 1.165) is 16.7 Å². The Labute approximate surface area is 185 Å². The summed E-state index contributed by atoms with van der Waals surface area (Å²) in [6, 6.07) is 13.9. The highest BCUT2D eigenvalue weighted by molar-refractivity contribution is 9.10. The van der Waals surface area contributed by atoms with Crippen LogP contribution in [0.4, 0.5) is 11.4 Å². The zero-order valence-electron chi connectivity index (χ0n) is 16.7. The number of carbonyl (C=O) groups is 1. The lowest BCUT2D eigenvalue weighted by Gasteiger charge is -2.35. The largest absolute Gasteiger partial charge is 0.493 e. The second-order valence-electron chi connectivity index (χ2n) is 7.07. The van der Waals surface area contributed by atoms with Crippen LogP contribution >= 0.6 is 28.1 Å². The maximum Gasteiger partial charge on any atom is 0.257 e. The monoisotopic (exact) mass is 475 g/mol. The molecule has 3 rings (SSSR count). The molecule has 0 aliphatic carbocycles. The van der Waals surface area contributed by atoms with Gasteiger partial charge in [-0.3, -0.25) is 10.1 Å². The van der Waals surface area contributed by atoms with E-state index in [1.165, 1.54) is 24.9 Å². The van der Waals surface area contributed by atoms with Crippen molar-refractivity contribution in [3.63, 3.8) is 0 Å². The summed E-state index contributed by atoms with van der Waals surface area (Å²) in [5.74, 6) is 0.429. The molecular formula is C22H26BrN3O2S. The SMILES string of the molecule is CCOc1ccc(C(=O)NC(=S)Nc2ccc(N3CCCC[C@@H]3C)cc2)cc1Br. The number of amides is 1. The molecule has 0 unspecified atom stereocenters. The maximum atomic E-state index is 12.5. The Morgan fingerprint density at radius 1 is 1.24 bits per heavy atom. The van der Waals surface area contributed by atoms with Gasteiger partial charge >= 0.3 is 0 Å². The van der Waals surface area contributed by atoms with E-state index >= 15 is 0 Å². The van der Waals surface area contributed by atoms with Crippen LogP contribution in [0.2, 0.25) is 0 Å². The standard InChI is InChI=1S/C22H26BrN3O2S/c1-3-28-20-12-7-16(14-19(20)23)21(27)25-22(29)24-17-8-10-18(11-9-17)26-13-5-4-6-15(26)2/h7-12,14-15H,3-6,13H2,1-2H3,(H2,24,25,27,29)/t15-/m0/s1. The average molecular weight is 476 g/mol. The van der Waals surface area contributed by atoms with Crippen molar-refractivity contribution in [2.75, 3.05) is 23.4 Å². The van der Waals surface area contributed by atoms with Crippen molar-refractivity contribution in [3.8, 4) is 5.75 Å². The van der Waals surface area contributed by atoms with E-state index in [1.807, 2.05) is 19.1 Å². The van der Waals surface area contributed by atoms with Crippen LogP contribution < -0.4 is 20.3 Å². The minimum atomic E-state index is -0.273. The van der Waals surface area contributed by atoms with Gasteiger partial charge in [-0.05, 0) is 104 Å². The molecule has 0 radical (unpaired) electrons. The van der Waals surface area contributed by atoms with Crippen LogP contribution in [0, 0.1) is 0 Å². The predicted molar refractivity (Wildman–Crippen MR) is 126 cm³/mol. The summed E-state index contributed by atoms with van der Waals surface area (Å²) in [5.41, 5.74) is 2.56. The van der Waals surface area contributed by atoms with Crippen molar-refractivity contribution in [2.45, 2.75) is 39.2 Å². The van der Waals surface area contributed by atoms with Gasteiger partial charge in [0, 0.05) is 29.5 Å². The first-order valence-corrected chi connectivity index (χ1v) is 11.1. The molecule has 1 amide bonds. The molecule has 154 valence electrons. The average Bonchev–Trinajstić information content (AvgIpc) is 2.70. The number of nitrogens with zero attached hydrogens (tertiary/aromatic N) is 1. The summed E-state index contributed by atoms with van der Waals surface area (Å²) >= 11 is 8.72. The number of ether oxygens (including phenoxy) is 1. The van der Waals surface area contributed by atoms with Gasteiger partial charge in [0.2, 0.25) is 0 Å². The first-order valence-electron chi connectivity index (χ1n) is 9.89. The normalized spacial score (nSPS) is 16.2. The van der Waals surface area contributed by atoms with Gasteiger partial charge in [-0.15, -0.1) is 0 Å². The number of anilines is 2. The lowest BCUT2D eigenvalue weighted by molar-refractivity contribution is 0.0977. The second-order valence-corrected chi connectivity index (χ2v) is 8.33. The van der Waals surface area contributed by atoms with Crippen molar-refractivity contribution in [2.24, 2.45) is 0 Å². The zero-order chi connectivity index (χ0) is 20.8. The van der Waals surface area contributed by atoms with E-state index in [9.17, 15) is 4.79 Å². The second kappa shape index (κ2) is 10.1. The quantitative estimate of drug-likeness (QED) is 0.570. The summed E-state index contributed by atoms with van der Waals surface area (Å²) in [5, 5.41) is 6.06. The number of benzene rings is 2. The van der Waals surface area contributed by atoms with Gasteiger partial charge in [-0.1, -0.05) is 0 Å². The van der Waals surface area contributed by atoms with Gasteiger partial charge < -0.3 is 15.0 Å². The van der Waals surface area contributed by atoms with Crippen LogP contribution in [-0.2, 0) is 0 Å². The van der Waals surface area contributed by atoms with Gasteiger partial charge in [0.05, 0.1) is 11.1 Å². The fourth-order valence-corrected chi connectivity index (χ4v) is 4.17. The molecule has 0 bridgehead atoms. The number of hydrogen-bond acceptors (Lipinski definition) is 4. The first-order chi connectivity index (χ1) is 14.0. The molecule has 2 aromatic rings. The number of nitrogens with one attached hydrogen (secondary N) is 2. The van der Waals surface area contributed by atoms with Gasteiger partial charge in [-0.25, -0.2) is 0 Å². The molecule has 1 aliphatic heterocycles. The van der Waals surface area contributed by atoms with Crippen LogP contribution in [-0.4, -0.2) is 30.2 Å². The number of carbonyl (C=O) groups excluding carboxylic acids is 1. The number of halogens is 1. The third-order valence-electron chi connectivity index (χ3n) is 4.98. The third-order valence-corrected chi connectivity index (χ3v) is 5.80. The molecule has 1 fully saturated rings. The van der Waals surface area contributed by atoms with E-state index in [1.54, 1.807) is 18.2 Å². The Balaban J connectivity index is 1.57. The highest BCUT2D eigenvalue weighted by Crippen LogP contribution is 2.27. The van der Waals surface area contributed by atoms with Crippen LogP contribution in [0.25, 0.3) is 0 Å². The van der Waals surface area contributed by atoms with Crippen LogP contribution in [0.5, 0.6) is 5.75 Å². The summed E-state index contributed by atoms with van der Waals surface area (Å²) in [7, 11) is 0. The van der Waals surface area contributed by atoms with Crippen molar-refractivity contribution >= 4 is 50.5 Å². The Bertz CT molecular complexity index is 873. The van der Waals surface area contributed by atoms with E-state index < -0.39 is 0 Å². The molecule has 2 N–H and O–H groups in total. The summed E-state index contributed by atoms with van der Waals surface area (Å²) in [6.07, 6.45) is 3.77. The molecule has 1 saturated heterocycles. The summed E-state index contributed by atoms with van der Waals surface area (Å²) in [6.45, 7) is 5.85. The molecule has 5 nitrogen and oxygen atoms in total. The molecule has 0 aromatic heterocycles. The summed E-state index contributed by atoms with van der Waals surface area (Å²) < 4.78 is 6.20. The molecule has 0 spiro atoms. The number of hydrogen-bond donors (Lipinski definition) is 2. The number of rotatable bonds is 5. The molecule has 2 aromatic carbocycles. The topological polar surface area (TPSA) is 53.6 Å².